The van der Waals surface area contributed by atoms with E-state index in [1.54, 1.807) is 18.3 Å². The number of hydrogen-bond donors (Lipinski definition) is 9. The maximum atomic E-state index is 13.8. The number of amides is 3. The van der Waals surface area contributed by atoms with E-state index in [1.807, 2.05) is 24.3 Å². The van der Waals surface area contributed by atoms with E-state index in [0.717, 1.165) is 10.9 Å². The van der Waals surface area contributed by atoms with E-state index in [2.05, 4.69) is 20.9 Å². The minimum atomic E-state index is -1.37. The summed E-state index contributed by atoms with van der Waals surface area (Å²) in [6.45, 7) is 0. The fourth-order valence-electron chi connectivity index (χ4n) is 5.11. The molecular formula is C34H37N5O9. The lowest BCUT2D eigenvalue weighted by Gasteiger charge is -2.25. The molecule has 0 saturated heterocycles. The number of rotatable bonds is 16. The second-order valence-electron chi connectivity index (χ2n) is 11.4. The van der Waals surface area contributed by atoms with Crippen molar-refractivity contribution in [3.05, 3.63) is 95.7 Å². The molecule has 0 spiro atoms. The van der Waals surface area contributed by atoms with Crippen LogP contribution < -0.4 is 21.7 Å². The number of aliphatic carboxylic acids is 2. The second kappa shape index (κ2) is 16.1. The zero-order valence-corrected chi connectivity index (χ0v) is 25.8. The molecule has 0 saturated carbocycles. The molecule has 0 aliphatic rings. The van der Waals surface area contributed by atoms with Gasteiger partial charge in [0.2, 0.25) is 17.7 Å². The highest BCUT2D eigenvalue weighted by Gasteiger charge is 2.31. The fraction of sp³-hybridized carbons (Fsp3) is 0.265. The summed E-state index contributed by atoms with van der Waals surface area (Å²) in [5.41, 5.74) is 8.41. The number of carbonyl (C=O) groups excluding carboxylic acids is 3. The van der Waals surface area contributed by atoms with E-state index < -0.39 is 53.8 Å². The van der Waals surface area contributed by atoms with Crippen LogP contribution >= 0.6 is 0 Å². The largest absolute Gasteiger partial charge is 0.508 e. The number of benzene rings is 3. The number of carboxylic acid groups (broad SMARTS) is 2. The van der Waals surface area contributed by atoms with Gasteiger partial charge in [-0.1, -0.05) is 42.5 Å². The molecule has 14 heteroatoms. The van der Waals surface area contributed by atoms with Crippen LogP contribution in [-0.4, -0.2) is 79.2 Å². The number of H-pyrrole nitrogens is 1. The number of para-hydroxylation sites is 1. The molecule has 4 rings (SSSR count). The molecule has 10 N–H and O–H groups in total. The first-order chi connectivity index (χ1) is 22.9. The zero-order valence-electron chi connectivity index (χ0n) is 25.8. The second-order valence-corrected chi connectivity index (χ2v) is 11.4. The first-order valence-electron chi connectivity index (χ1n) is 15.1. The number of fused-ring (bicyclic) bond motifs is 1. The Labute approximate surface area is 275 Å². The van der Waals surface area contributed by atoms with Crippen LogP contribution in [0.3, 0.4) is 0 Å². The number of aromatic nitrogens is 1. The first kappa shape index (κ1) is 35.0. The molecular weight excluding hydrogens is 622 g/mol. The molecule has 48 heavy (non-hydrogen) atoms. The molecule has 3 amide bonds. The summed E-state index contributed by atoms with van der Waals surface area (Å²) < 4.78 is 0. The van der Waals surface area contributed by atoms with E-state index in [1.165, 1.54) is 36.4 Å². The molecule has 1 heterocycles. The van der Waals surface area contributed by atoms with E-state index in [-0.39, 0.29) is 43.6 Å². The maximum absolute atomic E-state index is 13.8. The molecule has 0 aliphatic carbocycles. The minimum Gasteiger partial charge on any atom is -0.508 e. The molecule has 3 aromatic carbocycles. The summed E-state index contributed by atoms with van der Waals surface area (Å²) in [6, 6.07) is 13.8. The Hall–Kier alpha value is -5.89. The van der Waals surface area contributed by atoms with Gasteiger partial charge >= 0.3 is 11.9 Å². The normalized spacial score (nSPS) is 13.5. The summed E-state index contributed by atoms with van der Waals surface area (Å²) in [5, 5.41) is 46.9. The standard InChI is InChI=1S/C34H37N5O9/c35-25(13-14-30(42)43)31(44)37-27(15-19-5-9-22(40)10-6-19)32(45)38-28(16-20-7-11-23(41)12-8-20)33(46)39-29(34(47)48)17-21-18-36-26-4-2-1-3-24(21)26/h1-12,18,25,27-29,36,40-41H,13-17,35H2,(H,37,44)(H,38,45)(H,39,46)(H,42,43)(H,47,48). The lowest BCUT2D eigenvalue weighted by atomic mass is 10.0. The average molecular weight is 660 g/mol. The quantitative estimate of drug-likeness (QED) is 0.0835. The number of carboxylic acids is 2. The van der Waals surface area contributed by atoms with Crippen LogP contribution in [0.15, 0.2) is 79.0 Å². The van der Waals surface area contributed by atoms with Gasteiger partial charge in [-0.3, -0.25) is 19.2 Å². The van der Waals surface area contributed by atoms with Crippen LogP contribution in [0.2, 0.25) is 0 Å². The van der Waals surface area contributed by atoms with Crippen LogP contribution in [0.25, 0.3) is 10.9 Å². The smallest absolute Gasteiger partial charge is 0.326 e. The van der Waals surface area contributed by atoms with Crippen molar-refractivity contribution in [2.24, 2.45) is 5.73 Å². The molecule has 4 unspecified atom stereocenters. The van der Waals surface area contributed by atoms with Gasteiger partial charge in [-0.25, -0.2) is 4.79 Å². The molecule has 0 radical (unpaired) electrons. The Balaban J connectivity index is 1.58. The summed E-state index contributed by atoms with van der Waals surface area (Å²) >= 11 is 0. The first-order valence-corrected chi connectivity index (χ1v) is 15.1. The van der Waals surface area contributed by atoms with Crippen LogP contribution in [-0.2, 0) is 43.2 Å². The monoisotopic (exact) mass is 659 g/mol. The zero-order chi connectivity index (χ0) is 34.8. The summed E-state index contributed by atoms with van der Waals surface area (Å²) in [4.78, 5) is 66.7. The van der Waals surface area contributed by atoms with Gasteiger partial charge in [-0.2, -0.15) is 0 Å². The third kappa shape index (κ3) is 9.80. The number of aromatic hydroxyl groups is 2. The number of carbonyl (C=O) groups is 5. The van der Waals surface area contributed by atoms with E-state index >= 15 is 0 Å². The summed E-state index contributed by atoms with van der Waals surface area (Å²) in [6.07, 6.45) is 0.860. The number of phenols is 2. The van der Waals surface area contributed by atoms with Crippen molar-refractivity contribution in [2.75, 3.05) is 0 Å². The van der Waals surface area contributed by atoms with Crippen molar-refractivity contribution in [3.63, 3.8) is 0 Å². The maximum Gasteiger partial charge on any atom is 0.326 e. The van der Waals surface area contributed by atoms with Gasteiger partial charge in [0.25, 0.3) is 0 Å². The van der Waals surface area contributed by atoms with Crippen LogP contribution in [0.5, 0.6) is 11.5 Å². The van der Waals surface area contributed by atoms with E-state index in [9.17, 15) is 39.3 Å². The lowest BCUT2D eigenvalue weighted by Crippen LogP contribution is -2.58. The fourth-order valence-corrected chi connectivity index (χ4v) is 5.11. The molecule has 252 valence electrons. The van der Waals surface area contributed by atoms with Gasteiger partial charge in [0.05, 0.1) is 6.04 Å². The van der Waals surface area contributed by atoms with E-state index in [4.69, 9.17) is 10.8 Å². The molecule has 4 aromatic rings. The molecule has 4 atom stereocenters. The minimum absolute atomic E-state index is 0.0225. The predicted molar refractivity (Wildman–Crippen MR) is 174 cm³/mol. The SMILES string of the molecule is NC(CCC(=O)O)C(=O)NC(Cc1ccc(O)cc1)C(=O)NC(Cc1ccc(O)cc1)C(=O)NC(Cc1c[nH]c2ccccc12)C(=O)O. The van der Waals surface area contributed by atoms with Crippen LogP contribution in [0.1, 0.15) is 29.5 Å². The number of hydrogen-bond acceptors (Lipinski definition) is 8. The van der Waals surface area contributed by atoms with Gasteiger partial charge in [0.1, 0.15) is 29.6 Å². The van der Waals surface area contributed by atoms with E-state index in [0.29, 0.717) is 16.7 Å². The number of nitrogens with one attached hydrogen (secondary N) is 4. The third-order valence-electron chi connectivity index (χ3n) is 7.74. The van der Waals surface area contributed by atoms with Crippen molar-refractivity contribution in [1.82, 2.24) is 20.9 Å². The molecule has 0 fully saturated rings. The van der Waals surface area contributed by atoms with Crippen molar-refractivity contribution in [3.8, 4) is 11.5 Å². The lowest BCUT2D eigenvalue weighted by molar-refractivity contribution is -0.142. The topological polar surface area (TPSA) is 244 Å². The van der Waals surface area contributed by atoms with Crippen LogP contribution in [0, 0.1) is 0 Å². The average Bonchev–Trinajstić information content (AvgIpc) is 3.47. The third-order valence-corrected chi connectivity index (χ3v) is 7.74. The highest BCUT2D eigenvalue weighted by atomic mass is 16.4. The van der Waals surface area contributed by atoms with Gasteiger partial charge < -0.3 is 47.1 Å². The van der Waals surface area contributed by atoms with Crippen molar-refractivity contribution >= 4 is 40.6 Å². The Kier molecular flexibility index (Phi) is 11.7. The highest BCUT2D eigenvalue weighted by molar-refractivity contribution is 5.94. The Bertz CT molecular complexity index is 1750. The van der Waals surface area contributed by atoms with Crippen molar-refractivity contribution < 1.29 is 44.4 Å². The molecule has 0 bridgehead atoms. The highest BCUT2D eigenvalue weighted by Crippen LogP contribution is 2.20. The molecule has 1 aromatic heterocycles. The van der Waals surface area contributed by atoms with Crippen LogP contribution in [0.4, 0.5) is 0 Å². The van der Waals surface area contributed by atoms with Crippen molar-refractivity contribution in [1.29, 1.82) is 0 Å². The number of phenolic OH excluding ortho intramolecular Hbond substituents is 2. The number of aromatic amines is 1. The molecule has 0 aliphatic heterocycles. The Morgan fingerprint density at radius 1 is 0.667 bits per heavy atom. The van der Waals surface area contributed by atoms with Crippen molar-refractivity contribution in [2.45, 2.75) is 56.3 Å². The predicted octanol–water partition coefficient (Wildman–Crippen LogP) is 1.34. The Morgan fingerprint density at radius 2 is 1.17 bits per heavy atom. The van der Waals surface area contributed by atoms with Gasteiger partial charge in [-0.15, -0.1) is 0 Å². The van der Waals surface area contributed by atoms with Gasteiger partial charge in [0, 0.05) is 42.8 Å². The van der Waals surface area contributed by atoms with Gasteiger partial charge in [-0.05, 0) is 53.4 Å². The summed E-state index contributed by atoms with van der Waals surface area (Å²) in [7, 11) is 0. The Morgan fingerprint density at radius 3 is 1.69 bits per heavy atom. The summed E-state index contributed by atoms with van der Waals surface area (Å²) in [5.74, 6) is -4.89. The number of nitrogens with two attached hydrogens (primary N) is 1. The molecule has 14 nitrogen and oxygen atoms in total. The van der Waals surface area contributed by atoms with Gasteiger partial charge in [0.15, 0.2) is 0 Å².